The maximum Gasteiger partial charge on any atom is 0.119 e. The van der Waals surface area contributed by atoms with E-state index < -0.39 is 0 Å². The van der Waals surface area contributed by atoms with Crippen molar-refractivity contribution in [1.29, 1.82) is 0 Å². The first-order valence-electron chi connectivity index (χ1n) is 7.12. The van der Waals surface area contributed by atoms with E-state index >= 15 is 0 Å². The van der Waals surface area contributed by atoms with Crippen molar-refractivity contribution < 1.29 is 9.47 Å². The molecule has 0 aliphatic carbocycles. The highest BCUT2D eigenvalue weighted by molar-refractivity contribution is 5.28. The standard InChI is InChI=1S/C16H23N3O2/c1-4-15(17)16(13-9-18-19(2)10-13)21-11-12-6-5-7-14(8-12)20-3/h5-10,15-16H,4,11,17H2,1-3H3. The quantitative estimate of drug-likeness (QED) is 0.850. The van der Waals surface area contributed by atoms with Crippen LogP contribution in [0.1, 0.15) is 30.6 Å². The molecule has 2 aromatic rings. The number of aryl methyl sites for hydroxylation is 1. The van der Waals surface area contributed by atoms with Gasteiger partial charge in [-0.1, -0.05) is 19.1 Å². The Hall–Kier alpha value is -1.85. The molecule has 0 aliphatic heterocycles. The van der Waals surface area contributed by atoms with E-state index in [9.17, 15) is 0 Å². The zero-order valence-corrected chi connectivity index (χ0v) is 12.8. The molecule has 1 heterocycles. The van der Waals surface area contributed by atoms with E-state index in [0.29, 0.717) is 6.61 Å². The van der Waals surface area contributed by atoms with Gasteiger partial charge >= 0.3 is 0 Å². The predicted octanol–water partition coefficient (Wildman–Crippen LogP) is 2.42. The number of ether oxygens (including phenoxy) is 2. The van der Waals surface area contributed by atoms with Crippen LogP contribution in [0.3, 0.4) is 0 Å². The summed E-state index contributed by atoms with van der Waals surface area (Å²) in [5, 5.41) is 4.20. The fourth-order valence-electron chi connectivity index (χ4n) is 2.22. The second-order valence-corrected chi connectivity index (χ2v) is 5.10. The van der Waals surface area contributed by atoms with E-state index in [2.05, 4.69) is 12.0 Å². The van der Waals surface area contributed by atoms with Crippen molar-refractivity contribution in [3.63, 3.8) is 0 Å². The number of benzene rings is 1. The molecule has 21 heavy (non-hydrogen) atoms. The molecule has 1 aromatic heterocycles. The van der Waals surface area contributed by atoms with Gasteiger partial charge in [-0.05, 0) is 24.1 Å². The van der Waals surface area contributed by atoms with Crippen LogP contribution in [0.25, 0.3) is 0 Å². The number of nitrogens with zero attached hydrogens (tertiary/aromatic N) is 2. The highest BCUT2D eigenvalue weighted by Gasteiger charge is 2.20. The van der Waals surface area contributed by atoms with E-state index in [1.165, 1.54) is 0 Å². The Bertz CT molecular complexity index is 568. The fourth-order valence-corrected chi connectivity index (χ4v) is 2.22. The maximum absolute atomic E-state index is 6.19. The molecule has 2 rings (SSSR count). The molecule has 0 bridgehead atoms. The molecule has 0 saturated carbocycles. The second kappa shape index (κ2) is 7.24. The van der Waals surface area contributed by atoms with Crippen molar-refractivity contribution in [2.24, 2.45) is 12.8 Å². The van der Waals surface area contributed by atoms with Gasteiger partial charge in [-0.25, -0.2) is 0 Å². The van der Waals surface area contributed by atoms with Crippen molar-refractivity contribution in [3.8, 4) is 5.75 Å². The number of methoxy groups -OCH3 is 1. The number of hydrogen-bond acceptors (Lipinski definition) is 4. The monoisotopic (exact) mass is 289 g/mol. The van der Waals surface area contributed by atoms with Crippen LogP contribution in [0.4, 0.5) is 0 Å². The number of rotatable bonds is 7. The smallest absolute Gasteiger partial charge is 0.119 e. The summed E-state index contributed by atoms with van der Waals surface area (Å²) < 4.78 is 13.0. The Morgan fingerprint density at radius 1 is 1.38 bits per heavy atom. The Balaban J connectivity index is 2.08. The molecule has 0 fully saturated rings. The molecule has 2 unspecified atom stereocenters. The summed E-state index contributed by atoms with van der Waals surface area (Å²) in [6, 6.07) is 7.80. The first kappa shape index (κ1) is 15.5. The predicted molar refractivity (Wildman–Crippen MR) is 82.0 cm³/mol. The molecule has 0 saturated heterocycles. The summed E-state index contributed by atoms with van der Waals surface area (Å²) in [7, 11) is 3.55. The zero-order valence-electron chi connectivity index (χ0n) is 12.8. The lowest BCUT2D eigenvalue weighted by Crippen LogP contribution is -2.29. The molecule has 114 valence electrons. The molecule has 0 amide bonds. The van der Waals surface area contributed by atoms with Crippen LogP contribution in [0.5, 0.6) is 5.75 Å². The van der Waals surface area contributed by atoms with E-state index in [-0.39, 0.29) is 12.1 Å². The van der Waals surface area contributed by atoms with Gasteiger partial charge in [-0.15, -0.1) is 0 Å². The third-order valence-electron chi connectivity index (χ3n) is 3.48. The zero-order chi connectivity index (χ0) is 15.2. The maximum atomic E-state index is 6.19. The van der Waals surface area contributed by atoms with Crippen LogP contribution in [-0.2, 0) is 18.4 Å². The van der Waals surface area contributed by atoms with E-state index in [0.717, 1.165) is 23.3 Å². The Morgan fingerprint density at radius 2 is 2.19 bits per heavy atom. The van der Waals surface area contributed by atoms with E-state index in [1.54, 1.807) is 11.8 Å². The number of aromatic nitrogens is 2. The van der Waals surface area contributed by atoms with Crippen LogP contribution >= 0.6 is 0 Å². The van der Waals surface area contributed by atoms with E-state index in [4.69, 9.17) is 15.2 Å². The lowest BCUT2D eigenvalue weighted by Gasteiger charge is -2.22. The van der Waals surface area contributed by atoms with Gasteiger partial charge in [0.2, 0.25) is 0 Å². The van der Waals surface area contributed by atoms with Crippen LogP contribution < -0.4 is 10.5 Å². The lowest BCUT2D eigenvalue weighted by molar-refractivity contribution is 0.0211. The summed E-state index contributed by atoms with van der Waals surface area (Å²) in [5.41, 5.74) is 8.26. The van der Waals surface area contributed by atoms with Crippen molar-refractivity contribution in [3.05, 3.63) is 47.8 Å². The minimum absolute atomic E-state index is 0.0557. The third kappa shape index (κ3) is 4.06. The minimum Gasteiger partial charge on any atom is -0.497 e. The Morgan fingerprint density at radius 3 is 2.81 bits per heavy atom. The molecule has 5 heteroatoms. The second-order valence-electron chi connectivity index (χ2n) is 5.10. The van der Waals surface area contributed by atoms with Gasteiger partial charge < -0.3 is 15.2 Å². The lowest BCUT2D eigenvalue weighted by atomic mass is 10.0. The third-order valence-corrected chi connectivity index (χ3v) is 3.48. The van der Waals surface area contributed by atoms with Crippen LogP contribution in [0, 0.1) is 0 Å². The molecule has 0 spiro atoms. The molecular weight excluding hydrogens is 266 g/mol. The average Bonchev–Trinajstić information content (AvgIpc) is 2.93. The average molecular weight is 289 g/mol. The summed E-state index contributed by atoms with van der Waals surface area (Å²) in [6.45, 7) is 2.55. The minimum atomic E-state index is -0.157. The topological polar surface area (TPSA) is 62.3 Å². The number of nitrogens with two attached hydrogens (primary N) is 1. The van der Waals surface area contributed by atoms with E-state index in [1.807, 2.05) is 43.7 Å². The molecule has 0 radical (unpaired) electrons. The van der Waals surface area contributed by atoms with Crippen LogP contribution in [0.2, 0.25) is 0 Å². The summed E-state index contributed by atoms with van der Waals surface area (Å²) in [4.78, 5) is 0. The molecular formula is C16H23N3O2. The van der Waals surface area contributed by atoms with Gasteiger partial charge in [0.05, 0.1) is 19.9 Å². The highest BCUT2D eigenvalue weighted by Crippen LogP contribution is 2.24. The number of hydrogen-bond donors (Lipinski definition) is 1. The first-order valence-corrected chi connectivity index (χ1v) is 7.12. The fraction of sp³-hybridized carbons (Fsp3) is 0.438. The van der Waals surface area contributed by atoms with Gasteiger partial charge in [0, 0.05) is 24.8 Å². The molecule has 5 nitrogen and oxygen atoms in total. The molecule has 1 aromatic carbocycles. The summed E-state index contributed by atoms with van der Waals surface area (Å²) in [6.07, 6.45) is 4.45. The van der Waals surface area contributed by atoms with Crippen molar-refractivity contribution in [2.45, 2.75) is 32.1 Å². The normalized spacial score (nSPS) is 13.9. The first-order chi connectivity index (χ1) is 10.1. The van der Waals surface area contributed by atoms with Crippen LogP contribution in [0.15, 0.2) is 36.7 Å². The van der Waals surface area contributed by atoms with Crippen molar-refractivity contribution >= 4 is 0 Å². The van der Waals surface area contributed by atoms with Gasteiger partial charge in [0.25, 0.3) is 0 Å². The molecule has 0 aliphatic rings. The van der Waals surface area contributed by atoms with Gasteiger partial charge in [0.1, 0.15) is 11.9 Å². The molecule has 2 N–H and O–H groups in total. The van der Waals surface area contributed by atoms with Gasteiger partial charge in [0.15, 0.2) is 0 Å². The van der Waals surface area contributed by atoms with Crippen LogP contribution in [-0.4, -0.2) is 22.9 Å². The van der Waals surface area contributed by atoms with Crippen molar-refractivity contribution in [1.82, 2.24) is 9.78 Å². The van der Waals surface area contributed by atoms with Gasteiger partial charge in [-0.2, -0.15) is 5.10 Å². The summed E-state index contributed by atoms with van der Waals surface area (Å²) >= 11 is 0. The largest absolute Gasteiger partial charge is 0.497 e. The summed E-state index contributed by atoms with van der Waals surface area (Å²) in [5.74, 6) is 0.828. The SMILES string of the molecule is CCC(N)C(OCc1cccc(OC)c1)c1cnn(C)c1. The van der Waals surface area contributed by atoms with Crippen molar-refractivity contribution in [2.75, 3.05) is 7.11 Å². The molecule has 2 atom stereocenters. The highest BCUT2D eigenvalue weighted by atomic mass is 16.5. The van der Waals surface area contributed by atoms with Gasteiger partial charge in [-0.3, -0.25) is 4.68 Å². The Kier molecular flexibility index (Phi) is 5.36. The Labute approximate surface area is 125 Å².